The number of anilines is 1. The first kappa shape index (κ1) is 14.4. The highest BCUT2D eigenvalue weighted by Gasteiger charge is 2.22. The number of hydrogen-bond donors (Lipinski definition) is 2. The lowest BCUT2D eigenvalue weighted by molar-refractivity contribution is 0.0932. The van der Waals surface area contributed by atoms with Crippen LogP contribution in [0.5, 0.6) is 5.75 Å². The Balaban J connectivity index is 1.80. The Bertz CT molecular complexity index is 697. The van der Waals surface area contributed by atoms with Crippen molar-refractivity contribution in [1.82, 2.24) is 5.32 Å². The second-order valence-electron chi connectivity index (χ2n) is 5.61. The Morgan fingerprint density at radius 1 is 1.27 bits per heavy atom. The third-order valence-corrected chi connectivity index (χ3v) is 4.12. The number of benzene rings is 2. The molecule has 0 aliphatic heterocycles. The number of hydrogen-bond acceptors (Lipinski definition) is 3. The predicted molar refractivity (Wildman–Crippen MR) is 87.0 cm³/mol. The Labute approximate surface area is 130 Å². The lowest BCUT2D eigenvalue weighted by Gasteiger charge is -2.26. The fraction of sp³-hybridized carbons (Fsp3) is 0.278. The summed E-state index contributed by atoms with van der Waals surface area (Å²) in [6, 6.07) is 13.2. The molecule has 2 aromatic rings. The molecule has 0 spiro atoms. The Kier molecular flexibility index (Phi) is 4.00. The first-order valence-corrected chi connectivity index (χ1v) is 7.50. The van der Waals surface area contributed by atoms with Gasteiger partial charge in [0.1, 0.15) is 5.75 Å². The summed E-state index contributed by atoms with van der Waals surface area (Å²) in [4.78, 5) is 12.5. The van der Waals surface area contributed by atoms with Crippen LogP contribution in [0.25, 0.3) is 0 Å². The Hall–Kier alpha value is -2.49. The van der Waals surface area contributed by atoms with E-state index in [0.29, 0.717) is 11.3 Å². The molecule has 0 saturated heterocycles. The SMILES string of the molecule is COc1cccc(C(=O)NC2CCCc3cc(N)ccc32)c1. The summed E-state index contributed by atoms with van der Waals surface area (Å²) in [5.41, 5.74) is 9.66. The molecule has 0 radical (unpaired) electrons. The maximum absolute atomic E-state index is 12.5. The molecule has 1 aliphatic carbocycles. The molecule has 1 aliphatic rings. The standard InChI is InChI=1S/C18H20N2O2/c1-22-15-6-2-5-13(11-15)18(21)20-17-7-3-4-12-10-14(19)8-9-16(12)17/h2,5-6,8-11,17H,3-4,7,19H2,1H3,(H,20,21). The second kappa shape index (κ2) is 6.10. The minimum atomic E-state index is -0.0754. The quantitative estimate of drug-likeness (QED) is 0.855. The molecule has 0 fully saturated rings. The number of nitrogen functional groups attached to an aromatic ring is 1. The van der Waals surface area contributed by atoms with E-state index in [9.17, 15) is 4.79 Å². The fourth-order valence-corrected chi connectivity index (χ4v) is 2.99. The maximum atomic E-state index is 12.5. The van der Waals surface area contributed by atoms with Crippen molar-refractivity contribution < 1.29 is 9.53 Å². The zero-order valence-corrected chi connectivity index (χ0v) is 12.6. The van der Waals surface area contributed by atoms with Crippen molar-refractivity contribution in [3.8, 4) is 5.75 Å². The van der Waals surface area contributed by atoms with E-state index in [2.05, 4.69) is 5.32 Å². The molecule has 1 unspecified atom stereocenters. The smallest absolute Gasteiger partial charge is 0.251 e. The first-order valence-electron chi connectivity index (χ1n) is 7.50. The molecule has 0 saturated carbocycles. The highest BCUT2D eigenvalue weighted by Crippen LogP contribution is 2.31. The number of carbonyl (C=O) groups is 1. The number of rotatable bonds is 3. The molecule has 114 valence electrons. The summed E-state index contributed by atoms with van der Waals surface area (Å²) >= 11 is 0. The molecule has 22 heavy (non-hydrogen) atoms. The number of aryl methyl sites for hydroxylation is 1. The summed E-state index contributed by atoms with van der Waals surface area (Å²) < 4.78 is 5.17. The molecule has 1 amide bonds. The van der Waals surface area contributed by atoms with Crippen molar-refractivity contribution in [3.05, 3.63) is 59.2 Å². The van der Waals surface area contributed by atoms with E-state index in [1.807, 2.05) is 30.3 Å². The molecular formula is C18H20N2O2. The van der Waals surface area contributed by atoms with Crippen LogP contribution in [0.1, 0.15) is 40.4 Å². The van der Waals surface area contributed by atoms with Crippen LogP contribution < -0.4 is 15.8 Å². The fourth-order valence-electron chi connectivity index (χ4n) is 2.99. The Morgan fingerprint density at radius 3 is 2.95 bits per heavy atom. The van der Waals surface area contributed by atoms with Crippen LogP contribution in [-0.4, -0.2) is 13.0 Å². The van der Waals surface area contributed by atoms with Gasteiger partial charge < -0.3 is 15.8 Å². The van der Waals surface area contributed by atoms with Crippen molar-refractivity contribution in [3.63, 3.8) is 0 Å². The van der Waals surface area contributed by atoms with Gasteiger partial charge >= 0.3 is 0 Å². The van der Waals surface area contributed by atoms with Crippen LogP contribution in [0.4, 0.5) is 5.69 Å². The van der Waals surface area contributed by atoms with E-state index in [-0.39, 0.29) is 11.9 Å². The maximum Gasteiger partial charge on any atom is 0.251 e. The first-order chi connectivity index (χ1) is 10.7. The molecule has 1 atom stereocenters. The minimum Gasteiger partial charge on any atom is -0.497 e. The zero-order chi connectivity index (χ0) is 15.5. The molecule has 4 heteroatoms. The average Bonchev–Trinajstić information content (AvgIpc) is 2.54. The van der Waals surface area contributed by atoms with E-state index in [4.69, 9.17) is 10.5 Å². The van der Waals surface area contributed by atoms with Crippen molar-refractivity contribution in [2.24, 2.45) is 0 Å². The van der Waals surface area contributed by atoms with Crippen molar-refractivity contribution in [2.75, 3.05) is 12.8 Å². The predicted octanol–water partition coefficient (Wildman–Crippen LogP) is 3.08. The van der Waals surface area contributed by atoms with Gasteiger partial charge in [0.2, 0.25) is 0 Å². The van der Waals surface area contributed by atoms with Crippen LogP contribution in [0.15, 0.2) is 42.5 Å². The van der Waals surface area contributed by atoms with E-state index in [0.717, 1.165) is 24.9 Å². The van der Waals surface area contributed by atoms with Gasteiger partial charge in [0.15, 0.2) is 0 Å². The number of nitrogens with one attached hydrogen (secondary N) is 1. The molecule has 3 N–H and O–H groups in total. The van der Waals surface area contributed by atoms with Gasteiger partial charge in [0, 0.05) is 11.3 Å². The van der Waals surface area contributed by atoms with Gasteiger partial charge in [-0.1, -0.05) is 12.1 Å². The van der Waals surface area contributed by atoms with E-state index >= 15 is 0 Å². The largest absolute Gasteiger partial charge is 0.497 e. The molecule has 0 heterocycles. The van der Waals surface area contributed by atoms with Crippen molar-refractivity contribution >= 4 is 11.6 Å². The van der Waals surface area contributed by atoms with Gasteiger partial charge in [-0.25, -0.2) is 0 Å². The topological polar surface area (TPSA) is 64.3 Å². The lowest BCUT2D eigenvalue weighted by atomic mass is 9.87. The van der Waals surface area contributed by atoms with Gasteiger partial charge in [-0.05, 0) is 60.7 Å². The highest BCUT2D eigenvalue weighted by atomic mass is 16.5. The molecule has 0 bridgehead atoms. The number of methoxy groups -OCH3 is 1. The lowest BCUT2D eigenvalue weighted by Crippen LogP contribution is -2.31. The van der Waals surface area contributed by atoms with Gasteiger partial charge in [-0.15, -0.1) is 0 Å². The number of ether oxygens (including phenoxy) is 1. The number of carbonyl (C=O) groups excluding carboxylic acids is 1. The molecule has 4 nitrogen and oxygen atoms in total. The third-order valence-electron chi connectivity index (χ3n) is 4.12. The van der Waals surface area contributed by atoms with Crippen molar-refractivity contribution in [1.29, 1.82) is 0 Å². The molecule has 3 rings (SSSR count). The van der Waals surface area contributed by atoms with Gasteiger partial charge in [-0.3, -0.25) is 4.79 Å². The number of amides is 1. The number of nitrogens with two attached hydrogens (primary N) is 1. The summed E-state index contributed by atoms with van der Waals surface area (Å²) in [6.45, 7) is 0. The Morgan fingerprint density at radius 2 is 2.14 bits per heavy atom. The summed E-state index contributed by atoms with van der Waals surface area (Å²) in [6.07, 6.45) is 3.03. The normalized spacial score (nSPS) is 16.7. The van der Waals surface area contributed by atoms with E-state index < -0.39 is 0 Å². The monoisotopic (exact) mass is 296 g/mol. The average molecular weight is 296 g/mol. The molecule has 2 aromatic carbocycles. The molecule has 0 aromatic heterocycles. The minimum absolute atomic E-state index is 0.0445. The summed E-state index contributed by atoms with van der Waals surface area (Å²) in [5.74, 6) is 0.609. The summed E-state index contributed by atoms with van der Waals surface area (Å²) in [7, 11) is 1.60. The van der Waals surface area contributed by atoms with Crippen LogP contribution in [0.3, 0.4) is 0 Å². The van der Waals surface area contributed by atoms with Gasteiger partial charge in [0.05, 0.1) is 13.2 Å². The number of fused-ring (bicyclic) bond motifs is 1. The third kappa shape index (κ3) is 2.91. The second-order valence-corrected chi connectivity index (χ2v) is 5.61. The van der Waals surface area contributed by atoms with Crippen LogP contribution in [0.2, 0.25) is 0 Å². The van der Waals surface area contributed by atoms with Gasteiger partial charge in [-0.2, -0.15) is 0 Å². The zero-order valence-electron chi connectivity index (χ0n) is 12.6. The van der Waals surface area contributed by atoms with E-state index in [1.54, 1.807) is 19.2 Å². The highest BCUT2D eigenvalue weighted by molar-refractivity contribution is 5.94. The van der Waals surface area contributed by atoms with Crippen LogP contribution in [-0.2, 0) is 6.42 Å². The van der Waals surface area contributed by atoms with E-state index in [1.165, 1.54) is 11.1 Å². The van der Waals surface area contributed by atoms with Gasteiger partial charge in [0.25, 0.3) is 5.91 Å². The van der Waals surface area contributed by atoms with Crippen molar-refractivity contribution in [2.45, 2.75) is 25.3 Å². The summed E-state index contributed by atoms with van der Waals surface area (Å²) in [5, 5.41) is 3.13. The molecular weight excluding hydrogens is 276 g/mol. The van der Waals surface area contributed by atoms with Crippen LogP contribution >= 0.6 is 0 Å². The van der Waals surface area contributed by atoms with Crippen LogP contribution in [0, 0.1) is 0 Å².